The number of benzene rings is 1. The summed E-state index contributed by atoms with van der Waals surface area (Å²) in [5.74, 6) is 0.657. The van der Waals surface area contributed by atoms with E-state index in [9.17, 15) is 13.2 Å². The molecule has 1 nitrogen and oxygen atoms in total. The number of hydrogen-bond acceptors (Lipinski definition) is 1. The minimum absolute atomic E-state index is 0.587. The van der Waals surface area contributed by atoms with Crippen LogP contribution in [0.15, 0.2) is 24.3 Å². The van der Waals surface area contributed by atoms with Gasteiger partial charge in [0.2, 0.25) is 0 Å². The molecule has 0 aromatic heterocycles. The van der Waals surface area contributed by atoms with E-state index in [0.29, 0.717) is 12.5 Å². The number of nitrogens with one attached hydrogen (secondary N) is 1. The van der Waals surface area contributed by atoms with Gasteiger partial charge in [0.25, 0.3) is 0 Å². The van der Waals surface area contributed by atoms with Gasteiger partial charge in [-0.15, -0.1) is 0 Å². The van der Waals surface area contributed by atoms with E-state index in [0.717, 1.165) is 30.7 Å². The van der Waals surface area contributed by atoms with Crippen molar-refractivity contribution in [3.8, 4) is 0 Å². The normalized spacial score (nSPS) is 13.4. The van der Waals surface area contributed by atoms with Gasteiger partial charge in [0.1, 0.15) is 0 Å². The summed E-state index contributed by atoms with van der Waals surface area (Å²) >= 11 is 0. The third kappa shape index (κ3) is 5.95. The summed E-state index contributed by atoms with van der Waals surface area (Å²) in [4.78, 5) is 0. The van der Waals surface area contributed by atoms with Crippen molar-refractivity contribution in [2.45, 2.75) is 52.3 Å². The van der Waals surface area contributed by atoms with E-state index < -0.39 is 11.7 Å². The minimum atomic E-state index is -4.25. The van der Waals surface area contributed by atoms with Crippen LogP contribution in [0.3, 0.4) is 0 Å². The molecule has 0 saturated carbocycles. The van der Waals surface area contributed by atoms with Crippen LogP contribution in [0.4, 0.5) is 13.2 Å². The van der Waals surface area contributed by atoms with E-state index in [2.05, 4.69) is 19.2 Å². The van der Waals surface area contributed by atoms with Crippen LogP contribution in [0.25, 0.3) is 0 Å². The Bertz CT molecular complexity index is 370. The van der Waals surface area contributed by atoms with Crippen molar-refractivity contribution in [1.82, 2.24) is 5.32 Å². The summed E-state index contributed by atoms with van der Waals surface area (Å²) in [5.41, 5.74) is 0.305. The van der Waals surface area contributed by atoms with Crippen molar-refractivity contribution in [1.29, 1.82) is 0 Å². The average Bonchev–Trinajstić information content (AvgIpc) is 2.42. The standard InChI is InChI=1S/C16H24F3N/c1-3-5-6-13(4-2)11-20-12-14-7-9-15(10-8-14)16(17,18)19/h7-10,13,20H,3-6,11-12H2,1-2H3. The number of hydrogen-bond donors (Lipinski definition) is 1. The van der Waals surface area contributed by atoms with Crippen LogP contribution in [-0.4, -0.2) is 6.54 Å². The molecule has 1 unspecified atom stereocenters. The molecule has 0 amide bonds. The Morgan fingerprint density at radius 2 is 1.75 bits per heavy atom. The molecule has 1 aromatic carbocycles. The van der Waals surface area contributed by atoms with Gasteiger partial charge in [-0.3, -0.25) is 0 Å². The largest absolute Gasteiger partial charge is 0.416 e. The lowest BCUT2D eigenvalue weighted by molar-refractivity contribution is -0.137. The van der Waals surface area contributed by atoms with Gasteiger partial charge in [0.15, 0.2) is 0 Å². The molecule has 0 aliphatic heterocycles. The average molecular weight is 287 g/mol. The quantitative estimate of drug-likeness (QED) is 0.708. The molecule has 0 heterocycles. The monoisotopic (exact) mass is 287 g/mol. The third-order valence-corrected chi connectivity index (χ3v) is 3.59. The predicted molar refractivity (Wildman–Crippen MR) is 76.5 cm³/mol. The van der Waals surface area contributed by atoms with Gasteiger partial charge in [-0.1, -0.05) is 45.2 Å². The van der Waals surface area contributed by atoms with Crippen molar-refractivity contribution in [2.75, 3.05) is 6.54 Å². The summed E-state index contributed by atoms with van der Waals surface area (Å²) in [5, 5.41) is 3.34. The fourth-order valence-electron chi connectivity index (χ4n) is 2.18. The molecular weight excluding hydrogens is 263 g/mol. The van der Waals surface area contributed by atoms with Crippen LogP contribution >= 0.6 is 0 Å². The molecule has 114 valence electrons. The predicted octanol–water partition coefficient (Wildman–Crippen LogP) is 5.01. The summed E-state index contributed by atoms with van der Waals surface area (Å²) in [6.07, 6.45) is 0.544. The molecule has 0 aliphatic carbocycles. The van der Waals surface area contributed by atoms with Crippen molar-refractivity contribution >= 4 is 0 Å². The molecule has 0 bridgehead atoms. The van der Waals surface area contributed by atoms with Crippen LogP contribution in [0.5, 0.6) is 0 Å². The molecule has 1 rings (SSSR count). The second kappa shape index (κ2) is 8.30. The van der Waals surface area contributed by atoms with E-state index >= 15 is 0 Å². The highest BCUT2D eigenvalue weighted by atomic mass is 19.4. The molecule has 0 radical (unpaired) electrons. The Kier molecular flexibility index (Phi) is 7.06. The first kappa shape index (κ1) is 17.0. The summed E-state index contributed by atoms with van der Waals surface area (Å²) in [6, 6.07) is 5.38. The fraction of sp³-hybridized carbons (Fsp3) is 0.625. The summed E-state index contributed by atoms with van der Waals surface area (Å²) in [7, 11) is 0. The Labute approximate surface area is 119 Å². The van der Waals surface area contributed by atoms with E-state index in [1.807, 2.05) is 0 Å². The Morgan fingerprint density at radius 3 is 2.25 bits per heavy atom. The highest BCUT2D eigenvalue weighted by molar-refractivity contribution is 5.24. The van der Waals surface area contributed by atoms with Gasteiger partial charge < -0.3 is 5.32 Å². The molecule has 0 spiro atoms. The zero-order valence-electron chi connectivity index (χ0n) is 12.3. The SMILES string of the molecule is CCCCC(CC)CNCc1ccc(C(F)(F)F)cc1. The van der Waals surface area contributed by atoms with Gasteiger partial charge in [-0.2, -0.15) is 13.2 Å². The molecule has 1 aromatic rings. The zero-order valence-corrected chi connectivity index (χ0v) is 12.3. The lowest BCUT2D eigenvalue weighted by Crippen LogP contribution is -2.22. The fourth-order valence-corrected chi connectivity index (χ4v) is 2.18. The number of halogens is 3. The second-order valence-corrected chi connectivity index (χ2v) is 5.24. The van der Waals surface area contributed by atoms with E-state index in [4.69, 9.17) is 0 Å². The number of alkyl halides is 3. The maximum atomic E-state index is 12.4. The van der Waals surface area contributed by atoms with Crippen LogP contribution in [0.2, 0.25) is 0 Å². The van der Waals surface area contributed by atoms with Crippen molar-refractivity contribution < 1.29 is 13.2 Å². The maximum absolute atomic E-state index is 12.4. The van der Waals surface area contributed by atoms with E-state index in [1.165, 1.54) is 19.3 Å². The second-order valence-electron chi connectivity index (χ2n) is 5.24. The Morgan fingerprint density at radius 1 is 1.10 bits per heavy atom. The van der Waals surface area contributed by atoms with E-state index in [1.54, 1.807) is 12.1 Å². The smallest absolute Gasteiger partial charge is 0.312 e. The minimum Gasteiger partial charge on any atom is -0.312 e. The topological polar surface area (TPSA) is 12.0 Å². The van der Waals surface area contributed by atoms with Crippen molar-refractivity contribution in [3.05, 3.63) is 35.4 Å². The zero-order chi connectivity index (χ0) is 15.0. The van der Waals surface area contributed by atoms with Gasteiger partial charge in [0, 0.05) is 6.54 Å². The molecular formula is C16H24F3N. The lowest BCUT2D eigenvalue weighted by atomic mass is 9.99. The third-order valence-electron chi connectivity index (χ3n) is 3.59. The van der Waals surface area contributed by atoms with Crippen molar-refractivity contribution in [2.24, 2.45) is 5.92 Å². The molecule has 4 heteroatoms. The molecule has 1 atom stereocenters. The summed E-state index contributed by atoms with van der Waals surface area (Å²) < 4.78 is 37.3. The van der Waals surface area contributed by atoms with Crippen LogP contribution in [-0.2, 0) is 12.7 Å². The first-order chi connectivity index (χ1) is 9.47. The molecule has 1 N–H and O–H groups in total. The molecule has 0 saturated heterocycles. The lowest BCUT2D eigenvalue weighted by Gasteiger charge is -2.15. The van der Waals surface area contributed by atoms with Gasteiger partial charge in [-0.05, 0) is 36.6 Å². The first-order valence-corrected chi connectivity index (χ1v) is 7.34. The highest BCUT2D eigenvalue weighted by Gasteiger charge is 2.29. The van der Waals surface area contributed by atoms with E-state index in [-0.39, 0.29) is 0 Å². The highest BCUT2D eigenvalue weighted by Crippen LogP contribution is 2.29. The number of rotatable bonds is 8. The van der Waals surface area contributed by atoms with Gasteiger partial charge in [-0.25, -0.2) is 0 Å². The molecule has 0 aliphatic rings. The van der Waals surface area contributed by atoms with Gasteiger partial charge in [0.05, 0.1) is 5.56 Å². The first-order valence-electron chi connectivity index (χ1n) is 7.34. The van der Waals surface area contributed by atoms with Crippen molar-refractivity contribution in [3.63, 3.8) is 0 Å². The van der Waals surface area contributed by atoms with Crippen LogP contribution in [0, 0.1) is 5.92 Å². The molecule has 20 heavy (non-hydrogen) atoms. The van der Waals surface area contributed by atoms with Crippen LogP contribution < -0.4 is 5.32 Å². The Hall–Kier alpha value is -1.03. The van der Waals surface area contributed by atoms with Gasteiger partial charge >= 0.3 is 6.18 Å². The maximum Gasteiger partial charge on any atom is 0.416 e. The molecule has 0 fully saturated rings. The Balaban J connectivity index is 2.38. The number of unbranched alkanes of at least 4 members (excludes halogenated alkanes) is 1. The summed E-state index contributed by atoms with van der Waals surface area (Å²) in [6.45, 7) is 5.92. The van der Waals surface area contributed by atoms with Crippen LogP contribution in [0.1, 0.15) is 50.7 Å².